The maximum absolute atomic E-state index is 13.0. The van der Waals surface area contributed by atoms with Gasteiger partial charge in [-0.05, 0) is 54.3 Å². The van der Waals surface area contributed by atoms with Crippen molar-refractivity contribution >= 4 is 10.0 Å². The van der Waals surface area contributed by atoms with E-state index in [4.69, 9.17) is 9.47 Å². The number of benzene rings is 3. The number of nitrogens with zero attached hydrogens (tertiary/aromatic N) is 1. The monoisotopic (exact) mass is 466 g/mol. The molecule has 4 rings (SSSR count). The van der Waals surface area contributed by atoms with Crippen LogP contribution in [0.1, 0.15) is 17.5 Å². The van der Waals surface area contributed by atoms with Crippen molar-refractivity contribution < 1.29 is 17.9 Å². The van der Waals surface area contributed by atoms with Crippen molar-refractivity contribution in [2.45, 2.75) is 24.3 Å². The molecule has 0 atom stereocenters. The molecule has 1 aliphatic heterocycles. The molecule has 3 aromatic carbocycles. The molecule has 174 valence electrons. The summed E-state index contributed by atoms with van der Waals surface area (Å²) in [4.78, 5) is 2.66. The van der Waals surface area contributed by atoms with Crippen LogP contribution in [0, 0.1) is 0 Å². The van der Waals surface area contributed by atoms with Crippen LogP contribution in [-0.2, 0) is 23.0 Å². The Hall–Kier alpha value is -2.87. The Bertz CT molecular complexity index is 1200. The Morgan fingerprint density at radius 2 is 1.58 bits per heavy atom. The quantitative estimate of drug-likeness (QED) is 0.481. The highest BCUT2D eigenvalue weighted by Crippen LogP contribution is 2.33. The highest BCUT2D eigenvalue weighted by molar-refractivity contribution is 7.89. The SMILES string of the molecule is COc1cc2c(cc1OC)CN(CCCNS(=O)(=O)c1ccccc1-c1ccccc1)CC2. The van der Waals surface area contributed by atoms with Gasteiger partial charge in [-0.3, -0.25) is 4.90 Å². The molecule has 0 aliphatic carbocycles. The summed E-state index contributed by atoms with van der Waals surface area (Å²) in [7, 11) is -0.309. The normalized spacial score (nSPS) is 14.0. The van der Waals surface area contributed by atoms with Crippen molar-refractivity contribution in [2.75, 3.05) is 33.9 Å². The van der Waals surface area contributed by atoms with Gasteiger partial charge < -0.3 is 9.47 Å². The molecule has 0 spiro atoms. The van der Waals surface area contributed by atoms with Crippen molar-refractivity contribution in [1.29, 1.82) is 0 Å². The number of nitrogens with one attached hydrogen (secondary N) is 1. The Labute approximate surface area is 196 Å². The number of methoxy groups -OCH3 is 2. The number of hydrogen-bond acceptors (Lipinski definition) is 5. The summed E-state index contributed by atoms with van der Waals surface area (Å²) in [5, 5.41) is 0. The average molecular weight is 467 g/mol. The molecule has 0 radical (unpaired) electrons. The van der Waals surface area contributed by atoms with Crippen molar-refractivity contribution in [2.24, 2.45) is 0 Å². The van der Waals surface area contributed by atoms with Gasteiger partial charge in [0.1, 0.15) is 0 Å². The van der Waals surface area contributed by atoms with Crippen LogP contribution in [0.2, 0.25) is 0 Å². The van der Waals surface area contributed by atoms with Crippen LogP contribution in [0.5, 0.6) is 11.5 Å². The van der Waals surface area contributed by atoms with Gasteiger partial charge in [0.15, 0.2) is 11.5 Å². The summed E-state index contributed by atoms with van der Waals surface area (Å²) in [5.74, 6) is 1.50. The lowest BCUT2D eigenvalue weighted by molar-refractivity contribution is 0.250. The standard InChI is InChI=1S/C26H30N2O4S/c1-31-24-17-21-13-16-28(19-22(21)18-25(24)32-2)15-8-14-27-33(29,30)26-12-7-6-11-23(26)20-9-4-3-5-10-20/h3-7,9-12,17-18,27H,8,13-16,19H2,1-2H3. The molecule has 7 heteroatoms. The van der Waals surface area contributed by atoms with Crippen LogP contribution >= 0.6 is 0 Å². The molecular weight excluding hydrogens is 436 g/mol. The average Bonchev–Trinajstić information content (AvgIpc) is 2.86. The van der Waals surface area contributed by atoms with Crippen LogP contribution in [0.4, 0.5) is 0 Å². The molecule has 0 saturated carbocycles. The van der Waals surface area contributed by atoms with E-state index in [-0.39, 0.29) is 0 Å². The fourth-order valence-electron chi connectivity index (χ4n) is 4.28. The first-order chi connectivity index (χ1) is 16.0. The predicted octanol–water partition coefficient (Wildman–Crippen LogP) is 4.10. The summed E-state index contributed by atoms with van der Waals surface area (Å²) < 4.78 is 39.7. The minimum absolute atomic E-state index is 0.309. The van der Waals surface area contributed by atoms with Gasteiger partial charge in [-0.1, -0.05) is 48.5 Å². The summed E-state index contributed by atoms with van der Waals surface area (Å²) in [6.07, 6.45) is 1.67. The van der Waals surface area contributed by atoms with Gasteiger partial charge in [0.25, 0.3) is 0 Å². The van der Waals surface area contributed by atoms with E-state index in [0.717, 1.165) is 49.5 Å². The second-order valence-electron chi connectivity index (χ2n) is 8.12. The molecule has 0 bridgehead atoms. The third-order valence-corrected chi connectivity index (χ3v) is 7.52. The number of rotatable bonds is 9. The molecule has 6 nitrogen and oxygen atoms in total. The molecular formula is C26H30N2O4S. The Morgan fingerprint density at radius 3 is 2.30 bits per heavy atom. The van der Waals surface area contributed by atoms with E-state index in [1.54, 1.807) is 26.4 Å². The zero-order valence-corrected chi connectivity index (χ0v) is 19.9. The van der Waals surface area contributed by atoms with E-state index in [1.165, 1.54) is 11.1 Å². The molecule has 1 aliphatic rings. The van der Waals surface area contributed by atoms with E-state index in [9.17, 15) is 8.42 Å². The third kappa shape index (κ3) is 5.38. The van der Waals surface area contributed by atoms with Crippen LogP contribution in [-0.4, -0.2) is 47.2 Å². The van der Waals surface area contributed by atoms with Crippen LogP contribution < -0.4 is 14.2 Å². The van der Waals surface area contributed by atoms with Crippen LogP contribution in [0.25, 0.3) is 11.1 Å². The van der Waals surface area contributed by atoms with Gasteiger partial charge in [-0.15, -0.1) is 0 Å². The second-order valence-corrected chi connectivity index (χ2v) is 9.85. The van der Waals surface area contributed by atoms with Gasteiger partial charge in [-0.25, -0.2) is 13.1 Å². The molecule has 0 fully saturated rings. The van der Waals surface area contributed by atoms with Gasteiger partial charge in [0, 0.05) is 25.2 Å². The molecule has 0 saturated heterocycles. The first-order valence-electron chi connectivity index (χ1n) is 11.1. The van der Waals surface area contributed by atoms with Gasteiger partial charge in [0.2, 0.25) is 10.0 Å². The highest BCUT2D eigenvalue weighted by atomic mass is 32.2. The van der Waals surface area contributed by atoms with Crippen molar-refractivity contribution in [1.82, 2.24) is 9.62 Å². The van der Waals surface area contributed by atoms with Gasteiger partial charge in [0.05, 0.1) is 19.1 Å². The van der Waals surface area contributed by atoms with Crippen molar-refractivity contribution in [3.8, 4) is 22.6 Å². The number of fused-ring (bicyclic) bond motifs is 1. The summed E-state index contributed by atoms with van der Waals surface area (Å²) in [5.41, 5.74) is 4.11. The minimum atomic E-state index is -3.61. The van der Waals surface area contributed by atoms with E-state index in [2.05, 4.69) is 15.7 Å². The van der Waals surface area contributed by atoms with E-state index < -0.39 is 10.0 Å². The lowest BCUT2D eigenvalue weighted by atomic mass is 9.98. The molecule has 1 N–H and O–H groups in total. The molecule has 1 heterocycles. The lowest BCUT2D eigenvalue weighted by Gasteiger charge is -2.29. The summed E-state index contributed by atoms with van der Waals surface area (Å²) in [6, 6.07) is 20.8. The Balaban J connectivity index is 1.36. The maximum Gasteiger partial charge on any atom is 0.241 e. The molecule has 0 amide bonds. The minimum Gasteiger partial charge on any atom is -0.493 e. The fraction of sp³-hybridized carbons (Fsp3) is 0.308. The Morgan fingerprint density at radius 1 is 0.909 bits per heavy atom. The van der Waals surface area contributed by atoms with Gasteiger partial charge >= 0.3 is 0 Å². The molecule has 0 aromatic heterocycles. The number of sulfonamides is 1. The second kappa shape index (κ2) is 10.4. The lowest BCUT2D eigenvalue weighted by Crippen LogP contribution is -2.34. The zero-order chi connectivity index (χ0) is 23.3. The van der Waals surface area contributed by atoms with Gasteiger partial charge in [-0.2, -0.15) is 0 Å². The third-order valence-electron chi connectivity index (χ3n) is 6.00. The van der Waals surface area contributed by atoms with E-state index in [1.807, 2.05) is 48.5 Å². The summed E-state index contributed by atoms with van der Waals surface area (Å²) >= 11 is 0. The predicted molar refractivity (Wildman–Crippen MR) is 130 cm³/mol. The van der Waals surface area contributed by atoms with E-state index in [0.29, 0.717) is 17.0 Å². The van der Waals surface area contributed by atoms with Crippen molar-refractivity contribution in [3.05, 3.63) is 77.9 Å². The molecule has 33 heavy (non-hydrogen) atoms. The van der Waals surface area contributed by atoms with Crippen LogP contribution in [0.3, 0.4) is 0 Å². The molecule has 3 aromatic rings. The highest BCUT2D eigenvalue weighted by Gasteiger charge is 2.21. The fourth-order valence-corrected chi connectivity index (χ4v) is 5.58. The smallest absolute Gasteiger partial charge is 0.241 e. The Kier molecular flexibility index (Phi) is 7.33. The zero-order valence-electron chi connectivity index (χ0n) is 19.1. The first kappa shape index (κ1) is 23.3. The van der Waals surface area contributed by atoms with Crippen molar-refractivity contribution in [3.63, 3.8) is 0 Å². The largest absolute Gasteiger partial charge is 0.493 e. The number of ether oxygens (including phenoxy) is 2. The summed E-state index contributed by atoms with van der Waals surface area (Å²) in [6.45, 7) is 2.96. The van der Waals surface area contributed by atoms with Crippen LogP contribution in [0.15, 0.2) is 71.6 Å². The maximum atomic E-state index is 13.0. The first-order valence-corrected chi connectivity index (χ1v) is 12.6. The number of hydrogen-bond donors (Lipinski definition) is 1. The topological polar surface area (TPSA) is 67.9 Å². The molecule has 0 unspecified atom stereocenters. The van der Waals surface area contributed by atoms with E-state index >= 15 is 0 Å².